The lowest BCUT2D eigenvalue weighted by Crippen LogP contribution is -2.32. The Morgan fingerprint density at radius 1 is 1.30 bits per heavy atom. The maximum Gasteiger partial charge on any atom is 0.188 e. The van der Waals surface area contributed by atoms with Crippen molar-refractivity contribution in [3.63, 3.8) is 0 Å². The summed E-state index contributed by atoms with van der Waals surface area (Å²) in [5.74, 6) is 0.509. The molecule has 108 valence electrons. The molecule has 0 spiro atoms. The van der Waals surface area contributed by atoms with E-state index in [0.717, 1.165) is 35.9 Å². The number of fused-ring (bicyclic) bond motifs is 1. The van der Waals surface area contributed by atoms with E-state index < -0.39 is 0 Å². The second kappa shape index (κ2) is 8.73. The monoisotopic (exact) mass is 384 g/mol. The first-order chi connectivity index (χ1) is 9.31. The van der Waals surface area contributed by atoms with Gasteiger partial charge >= 0.3 is 0 Å². The van der Waals surface area contributed by atoms with Crippen molar-refractivity contribution in [3.8, 4) is 0 Å². The van der Waals surface area contributed by atoms with Crippen LogP contribution in [0.1, 0.15) is 25.3 Å². The summed E-state index contributed by atoms with van der Waals surface area (Å²) < 4.78 is 0. The number of para-hydroxylation sites is 1. The molecule has 2 rings (SSSR count). The Bertz CT molecular complexity index is 563. The van der Waals surface area contributed by atoms with E-state index in [1.165, 1.54) is 0 Å². The molecule has 0 aliphatic carbocycles. The largest absolute Gasteiger partial charge is 0.370 e. The van der Waals surface area contributed by atoms with Gasteiger partial charge in [0.1, 0.15) is 0 Å². The van der Waals surface area contributed by atoms with Crippen LogP contribution in [0.5, 0.6) is 0 Å². The standard InChI is InChI=1S/C15H20N4.HI/c1-2-3-9-18-15(16)19-11-12-8-10-17-14-7-5-4-6-13(12)14;/h4-8,10H,2-3,9,11H2,1H3,(H3,16,18,19);1H. The van der Waals surface area contributed by atoms with Gasteiger partial charge in [-0.05, 0) is 24.1 Å². The SMILES string of the molecule is CCCCNC(N)=NCc1ccnc2ccccc12.I. The molecule has 1 aromatic carbocycles. The molecule has 0 atom stereocenters. The molecular formula is C15H21IN4. The third kappa shape index (κ3) is 4.63. The fourth-order valence-corrected chi connectivity index (χ4v) is 1.91. The van der Waals surface area contributed by atoms with Crippen molar-refractivity contribution in [1.29, 1.82) is 0 Å². The number of nitrogens with one attached hydrogen (secondary N) is 1. The number of unbranched alkanes of at least 4 members (excludes halogenated alkanes) is 1. The van der Waals surface area contributed by atoms with Crippen LogP contribution in [0, 0.1) is 0 Å². The van der Waals surface area contributed by atoms with Crippen LogP contribution < -0.4 is 11.1 Å². The minimum absolute atomic E-state index is 0. The number of halogens is 1. The lowest BCUT2D eigenvalue weighted by molar-refractivity contribution is 0.748. The molecule has 0 aliphatic heterocycles. The molecule has 5 heteroatoms. The molecule has 0 saturated heterocycles. The number of pyridine rings is 1. The summed E-state index contributed by atoms with van der Waals surface area (Å²) in [5, 5.41) is 4.25. The number of hydrogen-bond acceptors (Lipinski definition) is 2. The molecule has 0 fully saturated rings. The number of nitrogens with zero attached hydrogens (tertiary/aromatic N) is 2. The van der Waals surface area contributed by atoms with Crippen LogP contribution in [-0.2, 0) is 6.54 Å². The van der Waals surface area contributed by atoms with E-state index in [0.29, 0.717) is 12.5 Å². The molecular weight excluding hydrogens is 363 g/mol. The zero-order valence-corrected chi connectivity index (χ0v) is 14.0. The van der Waals surface area contributed by atoms with Gasteiger partial charge in [-0.25, -0.2) is 4.99 Å². The topological polar surface area (TPSA) is 63.3 Å². The zero-order valence-electron chi connectivity index (χ0n) is 11.7. The van der Waals surface area contributed by atoms with Crippen LogP contribution >= 0.6 is 24.0 Å². The molecule has 3 N–H and O–H groups in total. The van der Waals surface area contributed by atoms with Crippen molar-refractivity contribution in [1.82, 2.24) is 10.3 Å². The van der Waals surface area contributed by atoms with Gasteiger partial charge < -0.3 is 11.1 Å². The maximum atomic E-state index is 5.83. The fourth-order valence-electron chi connectivity index (χ4n) is 1.91. The van der Waals surface area contributed by atoms with Crippen molar-refractivity contribution in [2.24, 2.45) is 10.7 Å². The Morgan fingerprint density at radius 2 is 2.10 bits per heavy atom. The third-order valence-electron chi connectivity index (χ3n) is 3.00. The van der Waals surface area contributed by atoms with Gasteiger partial charge in [0.2, 0.25) is 0 Å². The third-order valence-corrected chi connectivity index (χ3v) is 3.00. The summed E-state index contributed by atoms with van der Waals surface area (Å²) in [7, 11) is 0. The lowest BCUT2D eigenvalue weighted by Gasteiger charge is -2.06. The van der Waals surface area contributed by atoms with E-state index in [4.69, 9.17) is 5.73 Å². The first kappa shape index (κ1) is 16.7. The summed E-state index contributed by atoms with van der Waals surface area (Å²) in [6.45, 7) is 3.61. The van der Waals surface area contributed by atoms with Crippen LogP contribution in [0.4, 0.5) is 0 Å². The van der Waals surface area contributed by atoms with Gasteiger partial charge in [0.25, 0.3) is 0 Å². The minimum atomic E-state index is 0. The minimum Gasteiger partial charge on any atom is -0.370 e. The van der Waals surface area contributed by atoms with Crippen LogP contribution in [0.15, 0.2) is 41.5 Å². The molecule has 0 unspecified atom stereocenters. The number of benzene rings is 1. The molecule has 0 radical (unpaired) electrons. The van der Waals surface area contributed by atoms with E-state index in [-0.39, 0.29) is 24.0 Å². The normalized spacial score (nSPS) is 11.2. The average molecular weight is 384 g/mol. The van der Waals surface area contributed by atoms with Gasteiger partial charge in [0, 0.05) is 18.1 Å². The van der Waals surface area contributed by atoms with Crippen LogP contribution in [0.25, 0.3) is 10.9 Å². The zero-order chi connectivity index (χ0) is 13.5. The van der Waals surface area contributed by atoms with E-state index in [9.17, 15) is 0 Å². The molecule has 0 saturated carbocycles. The summed E-state index contributed by atoms with van der Waals surface area (Å²) in [4.78, 5) is 8.71. The van der Waals surface area contributed by atoms with E-state index in [2.05, 4.69) is 28.3 Å². The van der Waals surface area contributed by atoms with Gasteiger partial charge in [0.15, 0.2) is 5.96 Å². The van der Waals surface area contributed by atoms with Crippen LogP contribution in [-0.4, -0.2) is 17.5 Å². The number of nitrogens with two attached hydrogens (primary N) is 1. The number of aliphatic imine (C=N–C) groups is 1. The molecule has 1 aromatic heterocycles. The van der Waals surface area contributed by atoms with Crippen LogP contribution in [0.3, 0.4) is 0 Å². The molecule has 0 amide bonds. The van der Waals surface area contributed by atoms with Crippen molar-refractivity contribution in [2.45, 2.75) is 26.3 Å². The van der Waals surface area contributed by atoms with Gasteiger partial charge in [0.05, 0.1) is 12.1 Å². The Labute approximate surface area is 136 Å². The predicted octanol–water partition coefficient (Wildman–Crippen LogP) is 3.06. The summed E-state index contributed by atoms with van der Waals surface area (Å²) in [6, 6.07) is 10.1. The number of rotatable bonds is 5. The predicted molar refractivity (Wildman–Crippen MR) is 95.4 cm³/mol. The quantitative estimate of drug-likeness (QED) is 0.361. The molecule has 1 heterocycles. The van der Waals surface area contributed by atoms with E-state index >= 15 is 0 Å². The van der Waals surface area contributed by atoms with E-state index in [1.807, 2.05) is 30.5 Å². The smallest absolute Gasteiger partial charge is 0.188 e. The molecule has 0 bridgehead atoms. The highest BCUT2D eigenvalue weighted by molar-refractivity contribution is 14.0. The highest BCUT2D eigenvalue weighted by Crippen LogP contribution is 2.16. The first-order valence-corrected chi connectivity index (χ1v) is 6.67. The summed E-state index contributed by atoms with van der Waals surface area (Å²) in [5.41, 5.74) is 7.97. The number of aromatic nitrogens is 1. The Morgan fingerprint density at radius 3 is 2.90 bits per heavy atom. The van der Waals surface area contributed by atoms with E-state index in [1.54, 1.807) is 0 Å². The van der Waals surface area contributed by atoms with Crippen molar-refractivity contribution in [3.05, 3.63) is 42.1 Å². The Kier molecular flexibility index (Phi) is 7.28. The van der Waals surface area contributed by atoms with Crippen molar-refractivity contribution in [2.75, 3.05) is 6.54 Å². The molecule has 0 aliphatic rings. The number of hydrogen-bond donors (Lipinski definition) is 2. The number of guanidine groups is 1. The average Bonchev–Trinajstić information content (AvgIpc) is 2.45. The summed E-state index contributed by atoms with van der Waals surface area (Å²) >= 11 is 0. The first-order valence-electron chi connectivity index (χ1n) is 6.67. The highest BCUT2D eigenvalue weighted by Gasteiger charge is 2.00. The second-order valence-electron chi connectivity index (χ2n) is 4.47. The summed E-state index contributed by atoms with van der Waals surface area (Å²) in [6.07, 6.45) is 4.07. The molecule has 2 aromatic rings. The van der Waals surface area contributed by atoms with Gasteiger partial charge in [-0.2, -0.15) is 0 Å². The lowest BCUT2D eigenvalue weighted by atomic mass is 10.1. The molecule has 4 nitrogen and oxygen atoms in total. The Hall–Kier alpha value is -1.37. The van der Waals surface area contributed by atoms with Gasteiger partial charge in [-0.3, -0.25) is 4.98 Å². The fraction of sp³-hybridized carbons (Fsp3) is 0.333. The van der Waals surface area contributed by atoms with Gasteiger partial charge in [-0.15, -0.1) is 24.0 Å². The second-order valence-corrected chi connectivity index (χ2v) is 4.47. The highest BCUT2D eigenvalue weighted by atomic mass is 127. The van der Waals surface area contributed by atoms with Gasteiger partial charge in [-0.1, -0.05) is 31.5 Å². The van der Waals surface area contributed by atoms with Crippen molar-refractivity contribution < 1.29 is 0 Å². The maximum absolute atomic E-state index is 5.83. The Balaban J connectivity index is 0.00000200. The van der Waals surface area contributed by atoms with Crippen molar-refractivity contribution >= 4 is 40.8 Å². The molecule has 20 heavy (non-hydrogen) atoms. The van der Waals surface area contributed by atoms with Crippen LogP contribution in [0.2, 0.25) is 0 Å².